The molecule has 0 N–H and O–H groups in total. The van der Waals surface area contributed by atoms with E-state index in [4.69, 9.17) is 4.74 Å². The van der Waals surface area contributed by atoms with Gasteiger partial charge in [0.1, 0.15) is 0 Å². The van der Waals surface area contributed by atoms with Crippen molar-refractivity contribution in [3.8, 4) is 0 Å². The molecule has 0 saturated carbocycles. The SMILES string of the molecule is CCC1COCN1Cc1ccccc1. The molecule has 14 heavy (non-hydrogen) atoms. The molecule has 1 aliphatic heterocycles. The lowest BCUT2D eigenvalue weighted by Gasteiger charge is -2.20. The highest BCUT2D eigenvalue weighted by atomic mass is 16.5. The van der Waals surface area contributed by atoms with Crippen LogP contribution in [0.4, 0.5) is 0 Å². The molecule has 1 atom stereocenters. The van der Waals surface area contributed by atoms with Crippen molar-refractivity contribution in [1.29, 1.82) is 0 Å². The van der Waals surface area contributed by atoms with Crippen molar-refractivity contribution in [2.75, 3.05) is 13.3 Å². The molecule has 2 heteroatoms. The van der Waals surface area contributed by atoms with Crippen LogP contribution in [-0.2, 0) is 11.3 Å². The molecule has 1 unspecified atom stereocenters. The largest absolute Gasteiger partial charge is 0.364 e. The van der Waals surface area contributed by atoms with Crippen LogP contribution in [-0.4, -0.2) is 24.3 Å². The van der Waals surface area contributed by atoms with Crippen molar-refractivity contribution in [1.82, 2.24) is 4.90 Å². The number of hydrogen-bond acceptors (Lipinski definition) is 2. The zero-order chi connectivity index (χ0) is 9.80. The Morgan fingerprint density at radius 3 is 2.86 bits per heavy atom. The summed E-state index contributed by atoms with van der Waals surface area (Å²) in [6.45, 7) is 4.91. The van der Waals surface area contributed by atoms with Crippen molar-refractivity contribution in [2.45, 2.75) is 25.9 Å². The van der Waals surface area contributed by atoms with E-state index < -0.39 is 0 Å². The van der Waals surface area contributed by atoms with Crippen molar-refractivity contribution >= 4 is 0 Å². The van der Waals surface area contributed by atoms with E-state index in [0.29, 0.717) is 6.04 Å². The third-order valence-corrected chi connectivity index (χ3v) is 2.78. The first-order valence-corrected chi connectivity index (χ1v) is 5.26. The van der Waals surface area contributed by atoms with Crippen molar-refractivity contribution < 1.29 is 4.74 Å². The van der Waals surface area contributed by atoms with Gasteiger partial charge in [0.05, 0.1) is 13.3 Å². The van der Waals surface area contributed by atoms with E-state index in [-0.39, 0.29) is 0 Å². The van der Waals surface area contributed by atoms with Crippen LogP contribution in [0.2, 0.25) is 0 Å². The normalized spacial score (nSPS) is 22.8. The molecule has 1 saturated heterocycles. The summed E-state index contributed by atoms with van der Waals surface area (Å²) in [5.74, 6) is 0. The molecular weight excluding hydrogens is 174 g/mol. The third-order valence-electron chi connectivity index (χ3n) is 2.78. The van der Waals surface area contributed by atoms with Gasteiger partial charge in [0.15, 0.2) is 0 Å². The second-order valence-corrected chi connectivity index (χ2v) is 3.79. The summed E-state index contributed by atoms with van der Waals surface area (Å²) in [6, 6.07) is 11.2. The topological polar surface area (TPSA) is 12.5 Å². The number of nitrogens with zero attached hydrogens (tertiary/aromatic N) is 1. The summed E-state index contributed by atoms with van der Waals surface area (Å²) >= 11 is 0. The Kier molecular flexibility index (Phi) is 3.17. The second kappa shape index (κ2) is 4.58. The second-order valence-electron chi connectivity index (χ2n) is 3.79. The Morgan fingerprint density at radius 1 is 1.36 bits per heavy atom. The van der Waals surface area contributed by atoms with Gasteiger partial charge < -0.3 is 4.74 Å². The highest BCUT2D eigenvalue weighted by Crippen LogP contribution is 2.15. The van der Waals surface area contributed by atoms with Gasteiger partial charge in [0.2, 0.25) is 0 Å². The Hall–Kier alpha value is -0.860. The summed E-state index contributed by atoms with van der Waals surface area (Å²) in [7, 11) is 0. The molecule has 2 nitrogen and oxygen atoms in total. The molecule has 0 aromatic heterocycles. The Labute approximate surface area is 85.5 Å². The predicted octanol–water partition coefficient (Wildman–Crippen LogP) is 2.25. The van der Waals surface area contributed by atoms with E-state index in [1.807, 2.05) is 0 Å². The number of benzene rings is 1. The van der Waals surface area contributed by atoms with Gasteiger partial charge in [0, 0.05) is 12.6 Å². The van der Waals surface area contributed by atoms with E-state index in [2.05, 4.69) is 42.2 Å². The molecule has 1 heterocycles. The number of rotatable bonds is 3. The smallest absolute Gasteiger partial charge is 0.0997 e. The Morgan fingerprint density at radius 2 is 2.14 bits per heavy atom. The van der Waals surface area contributed by atoms with Crippen LogP contribution in [0.15, 0.2) is 30.3 Å². The zero-order valence-corrected chi connectivity index (χ0v) is 8.65. The van der Waals surface area contributed by atoms with Gasteiger partial charge in [-0.1, -0.05) is 37.3 Å². The monoisotopic (exact) mass is 191 g/mol. The van der Waals surface area contributed by atoms with Crippen LogP contribution in [0, 0.1) is 0 Å². The quantitative estimate of drug-likeness (QED) is 0.726. The molecule has 1 fully saturated rings. The summed E-state index contributed by atoms with van der Waals surface area (Å²) < 4.78 is 5.46. The lowest BCUT2D eigenvalue weighted by Crippen LogP contribution is -2.29. The molecule has 0 bridgehead atoms. The first kappa shape index (κ1) is 9.69. The van der Waals surface area contributed by atoms with Gasteiger partial charge >= 0.3 is 0 Å². The minimum Gasteiger partial charge on any atom is -0.364 e. The van der Waals surface area contributed by atoms with Gasteiger partial charge in [-0.15, -0.1) is 0 Å². The van der Waals surface area contributed by atoms with Gasteiger partial charge in [0.25, 0.3) is 0 Å². The molecule has 0 aliphatic carbocycles. The maximum atomic E-state index is 5.46. The molecule has 1 aromatic rings. The van der Waals surface area contributed by atoms with Crippen LogP contribution in [0.25, 0.3) is 0 Å². The van der Waals surface area contributed by atoms with Crippen LogP contribution >= 0.6 is 0 Å². The average molecular weight is 191 g/mol. The Bertz CT molecular complexity index is 273. The van der Waals surface area contributed by atoms with E-state index in [1.165, 1.54) is 12.0 Å². The molecular formula is C12H17NO. The summed E-state index contributed by atoms with van der Waals surface area (Å²) in [5, 5.41) is 0. The van der Waals surface area contributed by atoms with Crippen LogP contribution < -0.4 is 0 Å². The van der Waals surface area contributed by atoms with Crippen molar-refractivity contribution in [2.24, 2.45) is 0 Å². The van der Waals surface area contributed by atoms with Crippen LogP contribution in [0.5, 0.6) is 0 Å². The van der Waals surface area contributed by atoms with Crippen molar-refractivity contribution in [3.63, 3.8) is 0 Å². The molecule has 0 radical (unpaired) electrons. The lowest BCUT2D eigenvalue weighted by molar-refractivity contribution is 0.134. The lowest BCUT2D eigenvalue weighted by atomic mass is 10.1. The average Bonchev–Trinajstić information content (AvgIpc) is 2.67. The minimum absolute atomic E-state index is 0.607. The highest BCUT2D eigenvalue weighted by molar-refractivity contribution is 5.14. The van der Waals surface area contributed by atoms with E-state index in [1.54, 1.807) is 0 Å². The number of ether oxygens (including phenoxy) is 1. The summed E-state index contributed by atoms with van der Waals surface area (Å²) in [4.78, 5) is 2.40. The molecule has 1 aliphatic rings. The fourth-order valence-corrected chi connectivity index (χ4v) is 1.89. The predicted molar refractivity (Wildman–Crippen MR) is 56.9 cm³/mol. The highest BCUT2D eigenvalue weighted by Gasteiger charge is 2.22. The van der Waals surface area contributed by atoms with E-state index >= 15 is 0 Å². The molecule has 2 rings (SSSR count). The van der Waals surface area contributed by atoms with Gasteiger partial charge in [-0.2, -0.15) is 0 Å². The Balaban J connectivity index is 1.97. The summed E-state index contributed by atoms with van der Waals surface area (Å²) in [5.41, 5.74) is 1.37. The van der Waals surface area contributed by atoms with Crippen LogP contribution in [0.1, 0.15) is 18.9 Å². The summed E-state index contributed by atoms with van der Waals surface area (Å²) in [6.07, 6.45) is 1.17. The minimum atomic E-state index is 0.607. The standard InChI is InChI=1S/C12H17NO/c1-2-12-9-14-10-13(12)8-11-6-4-3-5-7-11/h3-7,12H,2,8-10H2,1H3. The molecule has 0 amide bonds. The first-order chi connectivity index (χ1) is 6.90. The third kappa shape index (κ3) is 2.14. The van der Waals surface area contributed by atoms with Gasteiger partial charge in [-0.05, 0) is 12.0 Å². The van der Waals surface area contributed by atoms with E-state index in [9.17, 15) is 0 Å². The zero-order valence-electron chi connectivity index (χ0n) is 8.65. The first-order valence-electron chi connectivity index (χ1n) is 5.26. The van der Waals surface area contributed by atoms with Crippen molar-refractivity contribution in [3.05, 3.63) is 35.9 Å². The maximum absolute atomic E-state index is 5.46. The fraction of sp³-hybridized carbons (Fsp3) is 0.500. The van der Waals surface area contributed by atoms with Crippen LogP contribution in [0.3, 0.4) is 0 Å². The molecule has 76 valence electrons. The maximum Gasteiger partial charge on any atom is 0.0997 e. The number of hydrogen-bond donors (Lipinski definition) is 0. The fourth-order valence-electron chi connectivity index (χ4n) is 1.89. The van der Waals surface area contributed by atoms with Gasteiger partial charge in [-0.3, -0.25) is 4.90 Å². The molecule has 1 aromatic carbocycles. The molecule has 0 spiro atoms. The van der Waals surface area contributed by atoms with E-state index in [0.717, 1.165) is 19.9 Å². The van der Waals surface area contributed by atoms with Gasteiger partial charge in [-0.25, -0.2) is 0 Å².